The second kappa shape index (κ2) is 9.23. The van der Waals surface area contributed by atoms with Crippen LogP contribution in [0.2, 0.25) is 0 Å². The summed E-state index contributed by atoms with van der Waals surface area (Å²) in [6.45, 7) is -0.0430. The van der Waals surface area contributed by atoms with Gasteiger partial charge >= 0.3 is 0 Å². The third-order valence-electron chi connectivity index (χ3n) is 6.61. The number of amidine groups is 1. The van der Waals surface area contributed by atoms with E-state index in [9.17, 15) is 22.4 Å². The van der Waals surface area contributed by atoms with E-state index in [-0.39, 0.29) is 30.3 Å². The Morgan fingerprint density at radius 1 is 1.29 bits per heavy atom. The number of alkyl halides is 1. The largest absolute Gasteiger partial charge is 0.355 e. The van der Waals surface area contributed by atoms with Gasteiger partial charge in [-0.15, -0.1) is 0 Å². The Hall–Kier alpha value is -4.28. The number of H-pyrrole nitrogens is 2. The fourth-order valence-electron chi connectivity index (χ4n) is 4.58. The van der Waals surface area contributed by atoms with E-state index in [1.807, 2.05) is 0 Å². The van der Waals surface area contributed by atoms with Crippen LogP contribution in [-0.2, 0) is 21.4 Å². The van der Waals surface area contributed by atoms with Gasteiger partial charge in [0.2, 0.25) is 5.91 Å². The van der Waals surface area contributed by atoms with Crippen molar-refractivity contribution >= 4 is 38.8 Å². The lowest BCUT2D eigenvalue weighted by molar-refractivity contribution is -0.121. The number of allylic oxidation sites excluding steroid dienone is 3. The molecule has 0 aromatic carbocycles. The lowest BCUT2D eigenvalue weighted by Gasteiger charge is -2.25. The van der Waals surface area contributed by atoms with Crippen LogP contribution in [0.3, 0.4) is 0 Å². The summed E-state index contributed by atoms with van der Waals surface area (Å²) in [6.07, 6.45) is 8.95. The normalized spacial score (nSPS) is 22.4. The molecule has 194 valence electrons. The second-order valence-corrected chi connectivity index (χ2v) is 11.1. The van der Waals surface area contributed by atoms with Crippen LogP contribution in [0.4, 0.5) is 10.1 Å². The van der Waals surface area contributed by atoms with Crippen LogP contribution < -0.4 is 10.6 Å². The lowest BCUT2D eigenvalue weighted by Crippen LogP contribution is -2.39. The molecule has 0 unspecified atom stereocenters. The highest BCUT2D eigenvalue weighted by Gasteiger charge is 2.44. The van der Waals surface area contributed by atoms with Crippen LogP contribution in [0.5, 0.6) is 0 Å². The number of aromatic amines is 2. The number of aliphatic imine (C=N–C) groups is 1. The molecule has 2 aromatic heterocycles. The molecule has 1 saturated carbocycles. The number of aromatic nitrogens is 3. The highest BCUT2D eigenvalue weighted by atomic mass is 32.2. The first-order chi connectivity index (χ1) is 18.3. The molecule has 2 atom stereocenters. The molecular formula is C25H22FN7O4S. The number of nitrogens with zero attached hydrogens (tertiary/aromatic N) is 3. The molecule has 2 aliphatic heterocycles. The Labute approximate surface area is 216 Å². The number of rotatable bonds is 6. The van der Waals surface area contributed by atoms with E-state index in [0.29, 0.717) is 47.1 Å². The van der Waals surface area contributed by atoms with Gasteiger partial charge in [-0.1, -0.05) is 11.8 Å². The average Bonchev–Trinajstić information content (AvgIpc) is 3.28. The number of halogens is 1. The summed E-state index contributed by atoms with van der Waals surface area (Å²) in [5, 5.41) is 5.81. The highest BCUT2D eigenvalue weighted by molar-refractivity contribution is 7.89. The van der Waals surface area contributed by atoms with Crippen LogP contribution in [0.1, 0.15) is 34.6 Å². The summed E-state index contributed by atoms with van der Waals surface area (Å²) in [7, 11) is -3.98. The van der Waals surface area contributed by atoms with E-state index in [4.69, 9.17) is 0 Å². The fourth-order valence-corrected chi connectivity index (χ4v) is 5.84. The Morgan fingerprint density at radius 3 is 2.84 bits per heavy atom. The minimum Gasteiger partial charge on any atom is -0.355 e. The molecule has 0 radical (unpaired) electrons. The van der Waals surface area contributed by atoms with Crippen molar-refractivity contribution in [3.05, 3.63) is 70.9 Å². The van der Waals surface area contributed by atoms with Gasteiger partial charge in [0.05, 0.1) is 54.2 Å². The Morgan fingerprint density at radius 2 is 2.13 bits per heavy atom. The number of ketones is 1. The number of sulfonamides is 1. The van der Waals surface area contributed by atoms with Crippen LogP contribution in [-0.4, -0.2) is 64.5 Å². The molecule has 13 heteroatoms. The van der Waals surface area contributed by atoms with Crippen molar-refractivity contribution in [1.82, 2.24) is 24.6 Å². The molecule has 4 aliphatic rings. The van der Waals surface area contributed by atoms with Crippen molar-refractivity contribution < 1.29 is 22.4 Å². The molecule has 2 aromatic rings. The van der Waals surface area contributed by atoms with E-state index in [1.54, 1.807) is 24.3 Å². The maximum atomic E-state index is 13.4. The molecular weight excluding hydrogens is 513 g/mol. The van der Waals surface area contributed by atoms with E-state index in [2.05, 4.69) is 42.0 Å². The number of Topliss-reactive ketones (excluding diaryl/α,β-unsaturated/α-hetero) is 1. The molecule has 0 saturated heterocycles. The van der Waals surface area contributed by atoms with Gasteiger partial charge in [0.1, 0.15) is 12.0 Å². The maximum Gasteiger partial charge on any atom is 0.260 e. The number of hydrogen-bond donors (Lipinski definition) is 4. The van der Waals surface area contributed by atoms with Gasteiger partial charge in [0.25, 0.3) is 10.0 Å². The van der Waals surface area contributed by atoms with Crippen molar-refractivity contribution in [1.29, 1.82) is 0 Å². The van der Waals surface area contributed by atoms with Crippen molar-refractivity contribution in [2.24, 2.45) is 10.9 Å². The minimum atomic E-state index is -3.98. The van der Waals surface area contributed by atoms with Gasteiger partial charge in [0, 0.05) is 12.2 Å². The van der Waals surface area contributed by atoms with Crippen molar-refractivity contribution in [3.8, 4) is 0 Å². The Kier molecular flexibility index (Phi) is 5.85. The summed E-state index contributed by atoms with van der Waals surface area (Å²) in [6, 6.07) is 0. The smallest absolute Gasteiger partial charge is 0.260 e. The second-order valence-electron chi connectivity index (χ2n) is 9.21. The monoisotopic (exact) mass is 535 g/mol. The number of hydrogen-bond acceptors (Lipinski definition) is 7. The fraction of sp³-hybridized carbons (Fsp3) is 0.280. The van der Waals surface area contributed by atoms with Crippen LogP contribution >= 0.6 is 0 Å². The molecule has 2 aliphatic carbocycles. The first kappa shape index (κ1) is 24.1. The van der Waals surface area contributed by atoms with Crippen molar-refractivity contribution in [2.45, 2.75) is 30.6 Å². The summed E-state index contributed by atoms with van der Waals surface area (Å²) >= 11 is 0. The van der Waals surface area contributed by atoms with Crippen LogP contribution in [0, 0.1) is 5.92 Å². The SMILES string of the molecule is O=C1CN(S(=O)(=O)c2cnc[nH]2)Cc2[nH]c(C3=CC(NC(=O)[C@H]4C[C@H]4F)=NCC3)c(NC3=C=C=CC=C3)c21. The molecule has 6 rings (SSSR count). The molecule has 0 bridgehead atoms. The standard InChI is InChI=1S/C25H22FN7O4S/c26-17-9-16(17)25(35)32-20-8-14(6-7-28-20)23-24(30-15-4-2-1-3-5-15)22-18(31-23)11-33(12-19(22)34)38(36,37)21-10-27-13-29-21/h1-2,4,8,10,13,16-17,30-31H,6-7,9,11-12H2,(H,27,29)(H,28,32,35)/t16-,17+/m0/s1. The topological polar surface area (TPSA) is 152 Å². The highest BCUT2D eigenvalue weighted by Crippen LogP contribution is 2.38. The third-order valence-corrected chi connectivity index (χ3v) is 8.32. The number of nitrogens with one attached hydrogen (secondary N) is 4. The van der Waals surface area contributed by atoms with Gasteiger partial charge < -0.3 is 20.6 Å². The maximum absolute atomic E-state index is 13.4. The van der Waals surface area contributed by atoms with E-state index < -0.39 is 28.0 Å². The predicted molar refractivity (Wildman–Crippen MR) is 135 cm³/mol. The van der Waals surface area contributed by atoms with Gasteiger partial charge in [-0.3, -0.25) is 14.6 Å². The number of imidazole rings is 1. The number of dihydropyridines is 1. The Balaban J connectivity index is 1.38. The Bertz CT molecular complexity index is 1650. The molecule has 1 fully saturated rings. The summed E-state index contributed by atoms with van der Waals surface area (Å²) in [5.41, 5.74) is 8.95. The summed E-state index contributed by atoms with van der Waals surface area (Å²) in [5.74, 6) is -1.15. The summed E-state index contributed by atoms with van der Waals surface area (Å²) in [4.78, 5) is 39.6. The number of amides is 1. The quantitative estimate of drug-likeness (QED) is 0.415. The zero-order valence-corrected chi connectivity index (χ0v) is 20.7. The average molecular weight is 536 g/mol. The van der Waals surface area contributed by atoms with E-state index >= 15 is 0 Å². The minimum absolute atomic E-state index is 0.0632. The number of carbonyl (C=O) groups is 2. The summed E-state index contributed by atoms with van der Waals surface area (Å²) < 4.78 is 40.6. The molecule has 4 N–H and O–H groups in total. The van der Waals surface area contributed by atoms with E-state index in [0.717, 1.165) is 9.88 Å². The van der Waals surface area contributed by atoms with Crippen molar-refractivity contribution in [3.63, 3.8) is 0 Å². The third kappa shape index (κ3) is 4.37. The molecule has 38 heavy (non-hydrogen) atoms. The molecule has 0 spiro atoms. The first-order valence-corrected chi connectivity index (χ1v) is 13.4. The predicted octanol–water partition coefficient (Wildman–Crippen LogP) is 1.96. The number of carbonyl (C=O) groups excluding carboxylic acids is 2. The van der Waals surface area contributed by atoms with Gasteiger partial charge in [-0.25, -0.2) is 17.8 Å². The molecule has 4 heterocycles. The lowest BCUT2D eigenvalue weighted by atomic mass is 10.0. The van der Waals surface area contributed by atoms with Crippen molar-refractivity contribution in [2.75, 3.05) is 18.4 Å². The van der Waals surface area contributed by atoms with Gasteiger partial charge in [-0.2, -0.15) is 4.31 Å². The van der Waals surface area contributed by atoms with Gasteiger partial charge in [-0.05, 0) is 42.4 Å². The zero-order valence-electron chi connectivity index (χ0n) is 19.9. The number of fused-ring (bicyclic) bond motifs is 1. The van der Waals surface area contributed by atoms with Gasteiger partial charge in [0.15, 0.2) is 10.8 Å². The number of anilines is 1. The van der Waals surface area contributed by atoms with Crippen LogP contribution in [0.25, 0.3) is 5.57 Å². The first-order valence-electron chi connectivity index (χ1n) is 11.9. The molecule has 1 amide bonds. The molecule has 11 nitrogen and oxygen atoms in total. The zero-order chi connectivity index (χ0) is 26.4. The van der Waals surface area contributed by atoms with E-state index in [1.165, 1.54) is 12.5 Å². The van der Waals surface area contributed by atoms with Crippen LogP contribution in [0.15, 0.2) is 64.0 Å².